The lowest BCUT2D eigenvalue weighted by Crippen LogP contribution is -2.37. The van der Waals surface area contributed by atoms with Crippen LogP contribution in [0.3, 0.4) is 0 Å². The Morgan fingerprint density at radius 1 is 1.04 bits per heavy atom. The summed E-state index contributed by atoms with van der Waals surface area (Å²) >= 11 is 0. The monoisotopic (exact) mass is 312 g/mol. The van der Waals surface area contributed by atoms with Crippen molar-refractivity contribution >= 4 is 23.3 Å². The standard InChI is InChI=1S/C18H20N2O3/c1-13(17(21)20(3)14-9-5-4-6-10-14)23-18(22)15-11-7-8-12-16(15)19-2/h4-13,19H,1-3H3/t13-/m0/s1. The smallest absolute Gasteiger partial charge is 0.341 e. The van der Waals surface area contributed by atoms with E-state index in [4.69, 9.17) is 4.74 Å². The number of rotatable bonds is 5. The van der Waals surface area contributed by atoms with Crippen LogP contribution < -0.4 is 10.2 Å². The van der Waals surface area contributed by atoms with Crippen LogP contribution in [0.4, 0.5) is 11.4 Å². The van der Waals surface area contributed by atoms with Crippen molar-refractivity contribution in [3.63, 3.8) is 0 Å². The van der Waals surface area contributed by atoms with Gasteiger partial charge in [-0.3, -0.25) is 4.79 Å². The van der Waals surface area contributed by atoms with Crippen LogP contribution in [0.1, 0.15) is 17.3 Å². The van der Waals surface area contributed by atoms with Crippen LogP contribution in [-0.2, 0) is 9.53 Å². The molecule has 0 saturated carbocycles. The van der Waals surface area contributed by atoms with Gasteiger partial charge < -0.3 is 15.0 Å². The molecule has 0 spiro atoms. The Morgan fingerprint density at radius 2 is 1.65 bits per heavy atom. The second-order valence-corrected chi connectivity index (χ2v) is 5.08. The zero-order valence-electron chi connectivity index (χ0n) is 13.4. The molecule has 1 amide bonds. The SMILES string of the molecule is CNc1ccccc1C(=O)O[C@@H](C)C(=O)N(C)c1ccccc1. The van der Waals surface area contributed by atoms with Crippen LogP contribution in [-0.4, -0.2) is 32.1 Å². The van der Waals surface area contributed by atoms with Crippen molar-refractivity contribution in [1.82, 2.24) is 0 Å². The summed E-state index contributed by atoms with van der Waals surface area (Å²) in [6.07, 6.45) is -0.877. The highest BCUT2D eigenvalue weighted by molar-refractivity contribution is 6.00. The maximum absolute atomic E-state index is 12.4. The summed E-state index contributed by atoms with van der Waals surface area (Å²) in [5.41, 5.74) is 1.81. The van der Waals surface area contributed by atoms with Crippen molar-refractivity contribution in [2.75, 3.05) is 24.3 Å². The van der Waals surface area contributed by atoms with Crippen molar-refractivity contribution in [2.24, 2.45) is 0 Å². The molecule has 0 aliphatic carbocycles. The Hall–Kier alpha value is -2.82. The topological polar surface area (TPSA) is 58.6 Å². The predicted molar refractivity (Wildman–Crippen MR) is 90.7 cm³/mol. The Morgan fingerprint density at radius 3 is 2.30 bits per heavy atom. The Kier molecular flexibility index (Phi) is 5.36. The van der Waals surface area contributed by atoms with Gasteiger partial charge in [-0.05, 0) is 31.2 Å². The number of ether oxygens (including phenoxy) is 1. The fourth-order valence-electron chi connectivity index (χ4n) is 2.21. The summed E-state index contributed by atoms with van der Waals surface area (Å²) in [4.78, 5) is 26.1. The zero-order chi connectivity index (χ0) is 16.8. The first-order chi connectivity index (χ1) is 11.0. The van der Waals surface area contributed by atoms with E-state index in [9.17, 15) is 9.59 Å². The maximum Gasteiger partial charge on any atom is 0.341 e. The van der Waals surface area contributed by atoms with Gasteiger partial charge in [-0.2, -0.15) is 0 Å². The van der Waals surface area contributed by atoms with E-state index >= 15 is 0 Å². The van der Waals surface area contributed by atoms with Crippen molar-refractivity contribution in [2.45, 2.75) is 13.0 Å². The molecule has 2 rings (SSSR count). The number of esters is 1. The number of amides is 1. The fourth-order valence-corrected chi connectivity index (χ4v) is 2.21. The number of para-hydroxylation sites is 2. The summed E-state index contributed by atoms with van der Waals surface area (Å²) in [5, 5.41) is 2.93. The molecule has 0 unspecified atom stereocenters. The Balaban J connectivity index is 2.07. The molecule has 5 nitrogen and oxygen atoms in total. The van der Waals surface area contributed by atoms with Crippen LogP contribution in [0.2, 0.25) is 0 Å². The van der Waals surface area contributed by atoms with Gasteiger partial charge in [0.1, 0.15) is 0 Å². The first kappa shape index (κ1) is 16.5. The van der Waals surface area contributed by atoms with E-state index < -0.39 is 12.1 Å². The number of nitrogens with one attached hydrogen (secondary N) is 1. The molecule has 0 heterocycles. The molecule has 5 heteroatoms. The molecule has 1 atom stereocenters. The normalized spacial score (nSPS) is 11.4. The average Bonchev–Trinajstić information content (AvgIpc) is 2.60. The molecule has 0 radical (unpaired) electrons. The fraction of sp³-hybridized carbons (Fsp3) is 0.222. The average molecular weight is 312 g/mol. The molecule has 0 saturated heterocycles. The Bertz CT molecular complexity index is 686. The van der Waals surface area contributed by atoms with Gasteiger partial charge in [-0.15, -0.1) is 0 Å². The molecule has 0 aliphatic rings. The van der Waals surface area contributed by atoms with Gasteiger partial charge in [0.15, 0.2) is 6.10 Å². The predicted octanol–water partition coefficient (Wildman–Crippen LogP) is 2.94. The van der Waals surface area contributed by atoms with E-state index in [-0.39, 0.29) is 5.91 Å². The third-order valence-corrected chi connectivity index (χ3v) is 3.52. The molecular weight excluding hydrogens is 292 g/mol. The number of hydrogen-bond acceptors (Lipinski definition) is 4. The lowest BCUT2D eigenvalue weighted by Gasteiger charge is -2.21. The van der Waals surface area contributed by atoms with E-state index in [0.29, 0.717) is 11.3 Å². The Labute approximate surface area is 135 Å². The van der Waals surface area contributed by atoms with Crippen LogP contribution in [0.15, 0.2) is 54.6 Å². The summed E-state index contributed by atoms with van der Waals surface area (Å²) in [6, 6.07) is 16.2. The molecular formula is C18H20N2O3. The van der Waals surface area contributed by atoms with Crippen molar-refractivity contribution in [3.8, 4) is 0 Å². The van der Waals surface area contributed by atoms with Crippen molar-refractivity contribution < 1.29 is 14.3 Å². The second-order valence-electron chi connectivity index (χ2n) is 5.08. The third-order valence-electron chi connectivity index (χ3n) is 3.52. The number of hydrogen-bond donors (Lipinski definition) is 1. The van der Waals surface area contributed by atoms with Gasteiger partial charge in [0.05, 0.1) is 5.56 Å². The molecule has 1 N–H and O–H groups in total. The van der Waals surface area contributed by atoms with Crippen molar-refractivity contribution in [1.29, 1.82) is 0 Å². The van der Waals surface area contributed by atoms with E-state index in [1.165, 1.54) is 4.90 Å². The van der Waals surface area contributed by atoms with Gasteiger partial charge in [0.2, 0.25) is 0 Å². The number of anilines is 2. The molecule has 0 fully saturated rings. The van der Waals surface area contributed by atoms with Gasteiger partial charge in [0.25, 0.3) is 5.91 Å². The van der Waals surface area contributed by atoms with E-state index in [1.54, 1.807) is 39.2 Å². The molecule has 0 aromatic heterocycles. The number of carbonyl (C=O) groups excluding carboxylic acids is 2. The molecule has 2 aromatic rings. The van der Waals surface area contributed by atoms with Crippen LogP contribution in [0.5, 0.6) is 0 Å². The minimum absolute atomic E-state index is 0.286. The summed E-state index contributed by atoms with van der Waals surface area (Å²) in [6.45, 7) is 1.57. The van der Waals surface area contributed by atoms with E-state index in [1.807, 2.05) is 36.4 Å². The first-order valence-electron chi connectivity index (χ1n) is 7.35. The number of carbonyl (C=O) groups is 2. The van der Waals surface area contributed by atoms with Crippen LogP contribution in [0.25, 0.3) is 0 Å². The summed E-state index contributed by atoms with van der Waals surface area (Å²) in [5.74, 6) is -0.816. The molecule has 0 aliphatic heterocycles. The quantitative estimate of drug-likeness (QED) is 0.862. The lowest BCUT2D eigenvalue weighted by molar-refractivity contribution is -0.126. The van der Waals surface area contributed by atoms with Crippen LogP contribution >= 0.6 is 0 Å². The molecule has 120 valence electrons. The van der Waals surface area contributed by atoms with Gasteiger partial charge in [-0.25, -0.2) is 4.79 Å². The molecule has 0 bridgehead atoms. The second kappa shape index (κ2) is 7.45. The number of likely N-dealkylation sites (N-methyl/N-ethyl adjacent to an activating group) is 1. The maximum atomic E-state index is 12.4. The lowest BCUT2D eigenvalue weighted by atomic mass is 10.2. The van der Waals surface area contributed by atoms with Gasteiger partial charge in [-0.1, -0.05) is 30.3 Å². The van der Waals surface area contributed by atoms with Gasteiger partial charge in [0, 0.05) is 25.5 Å². The molecule has 2 aromatic carbocycles. The highest BCUT2D eigenvalue weighted by Gasteiger charge is 2.23. The van der Waals surface area contributed by atoms with Gasteiger partial charge >= 0.3 is 5.97 Å². The summed E-state index contributed by atoms with van der Waals surface area (Å²) < 4.78 is 5.31. The zero-order valence-corrected chi connectivity index (χ0v) is 13.4. The largest absolute Gasteiger partial charge is 0.449 e. The van der Waals surface area contributed by atoms with Crippen LogP contribution in [0, 0.1) is 0 Å². The highest BCUT2D eigenvalue weighted by atomic mass is 16.5. The molecule has 23 heavy (non-hydrogen) atoms. The number of benzene rings is 2. The highest BCUT2D eigenvalue weighted by Crippen LogP contribution is 2.18. The third kappa shape index (κ3) is 3.88. The van der Waals surface area contributed by atoms with E-state index in [0.717, 1.165) is 5.69 Å². The first-order valence-corrected chi connectivity index (χ1v) is 7.35. The minimum Gasteiger partial charge on any atom is -0.449 e. The summed E-state index contributed by atoms with van der Waals surface area (Å²) in [7, 11) is 3.38. The number of nitrogens with zero attached hydrogens (tertiary/aromatic N) is 1. The van der Waals surface area contributed by atoms with Crippen molar-refractivity contribution in [3.05, 3.63) is 60.2 Å². The minimum atomic E-state index is -0.877. The van der Waals surface area contributed by atoms with E-state index in [2.05, 4.69) is 5.32 Å².